The third kappa shape index (κ3) is 2.81. The molecule has 3 N–H and O–H groups in total. The topological polar surface area (TPSA) is 55.1 Å². The van der Waals surface area contributed by atoms with Crippen LogP contribution in [0, 0.1) is 10.5 Å². The van der Waals surface area contributed by atoms with Gasteiger partial charge in [0.2, 0.25) is 0 Å². The zero-order valence-corrected chi connectivity index (χ0v) is 12.1. The van der Waals surface area contributed by atoms with E-state index in [9.17, 15) is 4.79 Å². The molecule has 0 unspecified atom stereocenters. The summed E-state index contributed by atoms with van der Waals surface area (Å²) in [5, 5.41) is 2.86. The molecule has 0 saturated carbocycles. The molecule has 18 heavy (non-hydrogen) atoms. The van der Waals surface area contributed by atoms with E-state index in [1.54, 1.807) is 6.07 Å². The molecule has 0 saturated heterocycles. The van der Waals surface area contributed by atoms with Crippen LogP contribution in [0.3, 0.4) is 0 Å². The molecule has 0 fully saturated rings. The fourth-order valence-electron chi connectivity index (χ4n) is 1.76. The minimum absolute atomic E-state index is 0.174. The highest BCUT2D eigenvalue weighted by atomic mass is 127. The van der Waals surface area contributed by atoms with Gasteiger partial charge in [0, 0.05) is 14.9 Å². The highest BCUT2D eigenvalue weighted by molar-refractivity contribution is 14.1. The number of aryl methyl sites for hydroxylation is 1. The van der Waals surface area contributed by atoms with Gasteiger partial charge in [0.25, 0.3) is 5.91 Å². The first kappa shape index (κ1) is 12.9. The van der Waals surface area contributed by atoms with Crippen LogP contribution in [0.25, 0.3) is 0 Å². The molecule has 0 spiro atoms. The van der Waals surface area contributed by atoms with E-state index < -0.39 is 0 Å². The maximum Gasteiger partial charge on any atom is 0.258 e. The number of nitrogen functional groups attached to an aromatic ring is 1. The molecule has 0 bridgehead atoms. The maximum atomic E-state index is 12.2. The summed E-state index contributed by atoms with van der Waals surface area (Å²) in [5.74, 6) is -0.174. The largest absolute Gasteiger partial charge is 0.398 e. The molecule has 0 aromatic heterocycles. The summed E-state index contributed by atoms with van der Waals surface area (Å²) in [7, 11) is 0. The van der Waals surface area contributed by atoms with E-state index in [1.165, 1.54) is 0 Å². The van der Waals surface area contributed by atoms with E-state index in [4.69, 9.17) is 5.73 Å². The van der Waals surface area contributed by atoms with Crippen molar-refractivity contribution in [2.45, 2.75) is 6.92 Å². The van der Waals surface area contributed by atoms with Gasteiger partial charge in [-0.05, 0) is 59.3 Å². The Hall–Kier alpha value is -1.56. The Bertz CT molecular complexity index is 576. The van der Waals surface area contributed by atoms with Crippen LogP contribution < -0.4 is 11.1 Å². The second kappa shape index (κ2) is 5.39. The van der Waals surface area contributed by atoms with E-state index in [-0.39, 0.29) is 5.91 Å². The monoisotopic (exact) mass is 352 g/mol. The molecule has 0 radical (unpaired) electrons. The smallest absolute Gasteiger partial charge is 0.258 e. The first-order chi connectivity index (χ1) is 8.58. The maximum absolute atomic E-state index is 12.2. The SMILES string of the molecule is Cc1cccc(N)c1C(=O)Nc1cccc(I)c1. The van der Waals surface area contributed by atoms with Gasteiger partial charge in [0.05, 0.1) is 5.56 Å². The molecule has 3 nitrogen and oxygen atoms in total. The van der Waals surface area contributed by atoms with Crippen LogP contribution >= 0.6 is 22.6 Å². The van der Waals surface area contributed by atoms with Crippen molar-refractivity contribution in [3.8, 4) is 0 Å². The van der Waals surface area contributed by atoms with Gasteiger partial charge in [-0.15, -0.1) is 0 Å². The number of benzene rings is 2. The number of anilines is 2. The number of hydrogen-bond donors (Lipinski definition) is 2. The lowest BCUT2D eigenvalue weighted by Gasteiger charge is -2.10. The summed E-state index contributed by atoms with van der Waals surface area (Å²) in [6.45, 7) is 1.88. The average Bonchev–Trinajstić information content (AvgIpc) is 2.28. The first-order valence-electron chi connectivity index (χ1n) is 5.50. The van der Waals surface area contributed by atoms with E-state index in [1.807, 2.05) is 43.3 Å². The van der Waals surface area contributed by atoms with E-state index >= 15 is 0 Å². The van der Waals surface area contributed by atoms with Crippen LogP contribution in [0.1, 0.15) is 15.9 Å². The standard InChI is InChI=1S/C14H13IN2O/c1-9-4-2-7-12(16)13(9)14(18)17-11-6-3-5-10(15)8-11/h2-8H,16H2,1H3,(H,17,18). The summed E-state index contributed by atoms with van der Waals surface area (Å²) in [6.07, 6.45) is 0. The highest BCUT2D eigenvalue weighted by Gasteiger charge is 2.12. The summed E-state index contributed by atoms with van der Waals surface area (Å²) in [5.41, 5.74) is 8.53. The fraction of sp³-hybridized carbons (Fsp3) is 0.0714. The van der Waals surface area contributed by atoms with Gasteiger partial charge in [-0.25, -0.2) is 0 Å². The third-order valence-corrected chi connectivity index (χ3v) is 3.29. The van der Waals surface area contributed by atoms with Crippen molar-refractivity contribution in [3.05, 3.63) is 57.2 Å². The van der Waals surface area contributed by atoms with Crippen molar-refractivity contribution in [2.75, 3.05) is 11.1 Å². The molecule has 92 valence electrons. The first-order valence-corrected chi connectivity index (χ1v) is 6.58. The van der Waals surface area contributed by atoms with Crippen LogP contribution in [0.4, 0.5) is 11.4 Å². The van der Waals surface area contributed by atoms with Crippen LogP contribution in [0.5, 0.6) is 0 Å². The quantitative estimate of drug-likeness (QED) is 0.643. The number of carbonyl (C=O) groups is 1. The number of halogens is 1. The summed E-state index contributed by atoms with van der Waals surface area (Å²) in [6, 6.07) is 13.1. The van der Waals surface area contributed by atoms with Crippen LogP contribution in [-0.4, -0.2) is 5.91 Å². The van der Waals surface area contributed by atoms with E-state index in [0.29, 0.717) is 11.3 Å². The molecule has 2 aromatic rings. The van der Waals surface area contributed by atoms with Gasteiger partial charge in [-0.1, -0.05) is 18.2 Å². The van der Waals surface area contributed by atoms with Crippen molar-refractivity contribution in [3.63, 3.8) is 0 Å². The van der Waals surface area contributed by atoms with Crippen LogP contribution in [-0.2, 0) is 0 Å². The lowest BCUT2D eigenvalue weighted by molar-refractivity contribution is 0.102. The molecule has 0 atom stereocenters. The van der Waals surface area contributed by atoms with Crippen molar-refractivity contribution in [2.24, 2.45) is 0 Å². The van der Waals surface area contributed by atoms with Crippen molar-refractivity contribution >= 4 is 39.9 Å². The minimum Gasteiger partial charge on any atom is -0.398 e. The van der Waals surface area contributed by atoms with Gasteiger partial charge in [-0.3, -0.25) is 4.79 Å². The molecule has 0 aliphatic rings. The molecular formula is C14H13IN2O. The number of carbonyl (C=O) groups excluding carboxylic acids is 1. The van der Waals surface area contributed by atoms with Gasteiger partial charge >= 0.3 is 0 Å². The molecular weight excluding hydrogens is 339 g/mol. The second-order valence-electron chi connectivity index (χ2n) is 4.00. The molecule has 0 aliphatic heterocycles. The Morgan fingerprint density at radius 2 is 1.94 bits per heavy atom. The molecule has 1 amide bonds. The van der Waals surface area contributed by atoms with Gasteiger partial charge in [0.15, 0.2) is 0 Å². The van der Waals surface area contributed by atoms with Gasteiger partial charge in [-0.2, -0.15) is 0 Å². The highest BCUT2D eigenvalue weighted by Crippen LogP contribution is 2.19. The molecule has 0 heterocycles. The Balaban J connectivity index is 2.28. The predicted octanol–water partition coefficient (Wildman–Crippen LogP) is 3.43. The Labute approximate surface area is 120 Å². The van der Waals surface area contributed by atoms with E-state index in [0.717, 1.165) is 14.8 Å². The third-order valence-electron chi connectivity index (χ3n) is 2.61. The van der Waals surface area contributed by atoms with E-state index in [2.05, 4.69) is 27.9 Å². The lowest BCUT2D eigenvalue weighted by atomic mass is 10.1. The number of rotatable bonds is 2. The van der Waals surface area contributed by atoms with Crippen molar-refractivity contribution in [1.29, 1.82) is 0 Å². The number of nitrogens with one attached hydrogen (secondary N) is 1. The molecule has 2 rings (SSSR count). The normalized spacial score (nSPS) is 10.1. The summed E-state index contributed by atoms with van der Waals surface area (Å²) in [4.78, 5) is 12.2. The number of nitrogens with two attached hydrogens (primary N) is 1. The number of hydrogen-bond acceptors (Lipinski definition) is 2. The minimum atomic E-state index is -0.174. The summed E-state index contributed by atoms with van der Waals surface area (Å²) < 4.78 is 1.07. The molecule has 0 aliphatic carbocycles. The second-order valence-corrected chi connectivity index (χ2v) is 5.25. The number of amides is 1. The lowest BCUT2D eigenvalue weighted by Crippen LogP contribution is -2.15. The Morgan fingerprint density at radius 1 is 1.22 bits per heavy atom. The predicted molar refractivity (Wildman–Crippen MR) is 82.7 cm³/mol. The van der Waals surface area contributed by atoms with Gasteiger partial charge in [0.1, 0.15) is 0 Å². The van der Waals surface area contributed by atoms with Crippen molar-refractivity contribution < 1.29 is 4.79 Å². The van der Waals surface area contributed by atoms with Gasteiger partial charge < -0.3 is 11.1 Å². The fourth-order valence-corrected chi connectivity index (χ4v) is 2.30. The Morgan fingerprint density at radius 3 is 2.61 bits per heavy atom. The molecule has 4 heteroatoms. The van der Waals surface area contributed by atoms with Crippen LogP contribution in [0.15, 0.2) is 42.5 Å². The zero-order valence-electron chi connectivity index (χ0n) is 9.91. The average molecular weight is 352 g/mol. The molecule has 2 aromatic carbocycles. The zero-order chi connectivity index (χ0) is 13.1. The van der Waals surface area contributed by atoms with Crippen LogP contribution in [0.2, 0.25) is 0 Å². The Kier molecular flexibility index (Phi) is 3.86. The summed E-state index contributed by atoms with van der Waals surface area (Å²) >= 11 is 2.20. The van der Waals surface area contributed by atoms with Crippen molar-refractivity contribution in [1.82, 2.24) is 0 Å².